The summed E-state index contributed by atoms with van der Waals surface area (Å²) in [5.74, 6) is 0.954. The van der Waals surface area contributed by atoms with Gasteiger partial charge in [0.25, 0.3) is 0 Å². The van der Waals surface area contributed by atoms with E-state index in [0.29, 0.717) is 0 Å². The molecule has 3 rings (SSSR count). The second-order valence-electron chi connectivity index (χ2n) is 5.24. The molecule has 1 fully saturated rings. The predicted molar refractivity (Wildman–Crippen MR) is 83.7 cm³/mol. The van der Waals surface area contributed by atoms with Crippen molar-refractivity contribution in [1.82, 2.24) is 14.3 Å². The third-order valence-corrected chi connectivity index (χ3v) is 4.28. The molecule has 1 aromatic heterocycles. The third kappa shape index (κ3) is 3.07. The van der Waals surface area contributed by atoms with Gasteiger partial charge in [-0.25, -0.2) is 0 Å². The quantitative estimate of drug-likeness (QED) is 0.855. The van der Waals surface area contributed by atoms with Crippen LogP contribution >= 0.6 is 12.2 Å². The summed E-state index contributed by atoms with van der Waals surface area (Å²) in [6.45, 7) is 7.43. The third-order valence-electron chi connectivity index (χ3n) is 3.84. The maximum absolute atomic E-state index is 5.60. The van der Waals surface area contributed by atoms with Gasteiger partial charge < -0.3 is 14.2 Å². The van der Waals surface area contributed by atoms with Gasteiger partial charge in [0.2, 0.25) is 4.77 Å². The minimum Gasteiger partial charge on any atom is -0.370 e. The van der Waals surface area contributed by atoms with Crippen molar-refractivity contribution in [2.45, 2.75) is 20.1 Å². The number of ether oxygens (including phenoxy) is 1. The Kier molecular flexibility index (Phi) is 4.48. The lowest BCUT2D eigenvalue weighted by molar-refractivity contribution is -0.930. The van der Waals surface area contributed by atoms with Gasteiger partial charge in [-0.15, -0.1) is 5.10 Å². The summed E-state index contributed by atoms with van der Waals surface area (Å²) in [6, 6.07) is 10.2. The highest BCUT2D eigenvalue weighted by Gasteiger charge is 2.18. The number of benzene rings is 1. The van der Waals surface area contributed by atoms with Crippen LogP contribution in [0.25, 0.3) is 11.4 Å². The van der Waals surface area contributed by atoms with Crippen LogP contribution in [0.1, 0.15) is 6.92 Å². The number of hydrogen-bond donors (Lipinski definition) is 1. The van der Waals surface area contributed by atoms with Crippen molar-refractivity contribution in [3.05, 3.63) is 35.1 Å². The van der Waals surface area contributed by atoms with Gasteiger partial charge in [-0.3, -0.25) is 0 Å². The van der Waals surface area contributed by atoms with Gasteiger partial charge in [-0.1, -0.05) is 30.3 Å². The van der Waals surface area contributed by atoms with Crippen LogP contribution in [-0.4, -0.2) is 40.7 Å². The lowest BCUT2D eigenvalue weighted by atomic mass is 10.2. The van der Waals surface area contributed by atoms with E-state index in [1.165, 1.54) is 4.90 Å². The Morgan fingerprint density at radius 3 is 2.62 bits per heavy atom. The van der Waals surface area contributed by atoms with Gasteiger partial charge >= 0.3 is 0 Å². The van der Waals surface area contributed by atoms with Crippen LogP contribution < -0.4 is 4.90 Å². The number of morpholine rings is 1. The normalized spacial score (nSPS) is 16.2. The SMILES string of the molecule is CCn1c(-c2ccccc2)nn(C[NH+]2CCOCC2)c1=S. The molecule has 1 saturated heterocycles. The van der Waals surface area contributed by atoms with E-state index >= 15 is 0 Å². The fourth-order valence-electron chi connectivity index (χ4n) is 2.66. The number of rotatable bonds is 4. The van der Waals surface area contributed by atoms with Crippen molar-refractivity contribution in [3.63, 3.8) is 0 Å². The highest BCUT2D eigenvalue weighted by atomic mass is 32.1. The summed E-state index contributed by atoms with van der Waals surface area (Å²) in [5.41, 5.74) is 1.11. The van der Waals surface area contributed by atoms with E-state index in [-0.39, 0.29) is 0 Å². The molecule has 0 radical (unpaired) electrons. The van der Waals surface area contributed by atoms with Crippen molar-refractivity contribution >= 4 is 12.2 Å². The van der Waals surface area contributed by atoms with E-state index in [0.717, 1.165) is 55.7 Å². The number of hydrogen-bond acceptors (Lipinski definition) is 3. The van der Waals surface area contributed by atoms with E-state index in [9.17, 15) is 0 Å². The van der Waals surface area contributed by atoms with Crippen molar-refractivity contribution in [2.75, 3.05) is 26.3 Å². The van der Waals surface area contributed by atoms with E-state index in [1.54, 1.807) is 0 Å². The molecule has 2 heterocycles. The Morgan fingerprint density at radius 2 is 1.95 bits per heavy atom. The zero-order valence-electron chi connectivity index (χ0n) is 12.3. The lowest BCUT2D eigenvalue weighted by Gasteiger charge is -2.23. The van der Waals surface area contributed by atoms with Gasteiger partial charge in [-0.2, -0.15) is 4.68 Å². The first-order valence-electron chi connectivity index (χ1n) is 7.44. The molecule has 0 bridgehead atoms. The molecule has 112 valence electrons. The second kappa shape index (κ2) is 6.51. The molecule has 1 aliphatic heterocycles. The van der Waals surface area contributed by atoms with Crippen LogP contribution in [0.4, 0.5) is 0 Å². The standard InChI is InChI=1S/C15H20N4OS/c1-2-18-14(13-6-4-3-5-7-13)16-19(15(18)21)12-17-8-10-20-11-9-17/h3-7H,2,8-12H2,1H3/p+1. The summed E-state index contributed by atoms with van der Waals surface area (Å²) in [5, 5.41) is 4.76. The smallest absolute Gasteiger partial charge is 0.203 e. The predicted octanol–water partition coefficient (Wildman–Crippen LogP) is 0.974. The van der Waals surface area contributed by atoms with Crippen LogP contribution in [0.5, 0.6) is 0 Å². The molecule has 0 atom stereocenters. The van der Waals surface area contributed by atoms with Gasteiger partial charge in [0, 0.05) is 12.1 Å². The molecule has 0 spiro atoms. The van der Waals surface area contributed by atoms with Crippen LogP contribution in [0, 0.1) is 4.77 Å². The molecular weight excluding hydrogens is 284 g/mol. The van der Waals surface area contributed by atoms with Crippen LogP contribution in [0.3, 0.4) is 0 Å². The average molecular weight is 305 g/mol. The Labute approximate surface area is 129 Å². The van der Waals surface area contributed by atoms with Gasteiger partial charge in [0.1, 0.15) is 13.1 Å². The fourth-order valence-corrected chi connectivity index (χ4v) is 2.98. The number of nitrogens with zero attached hydrogens (tertiary/aromatic N) is 3. The lowest BCUT2D eigenvalue weighted by Crippen LogP contribution is -3.13. The molecule has 1 aliphatic rings. The molecule has 6 heteroatoms. The monoisotopic (exact) mass is 305 g/mol. The largest absolute Gasteiger partial charge is 0.370 e. The van der Waals surface area contributed by atoms with E-state index < -0.39 is 0 Å². The molecule has 1 N–H and O–H groups in total. The first-order chi connectivity index (χ1) is 10.3. The molecule has 0 aliphatic carbocycles. The maximum Gasteiger partial charge on any atom is 0.203 e. The van der Waals surface area contributed by atoms with Gasteiger partial charge in [0.15, 0.2) is 12.5 Å². The van der Waals surface area contributed by atoms with Gasteiger partial charge in [-0.05, 0) is 19.1 Å². The Bertz CT molecular complexity index is 643. The number of quaternary nitrogens is 1. The molecule has 0 amide bonds. The minimum atomic E-state index is 0.801. The van der Waals surface area contributed by atoms with Crippen molar-refractivity contribution in [3.8, 4) is 11.4 Å². The second-order valence-corrected chi connectivity index (χ2v) is 5.60. The maximum atomic E-state index is 5.60. The molecule has 2 aromatic rings. The highest BCUT2D eigenvalue weighted by Crippen LogP contribution is 2.17. The Hall–Kier alpha value is -1.50. The molecule has 0 unspecified atom stereocenters. The van der Waals surface area contributed by atoms with Crippen molar-refractivity contribution in [2.24, 2.45) is 0 Å². The van der Waals surface area contributed by atoms with Crippen LogP contribution in [0.15, 0.2) is 30.3 Å². The first-order valence-corrected chi connectivity index (χ1v) is 7.85. The van der Waals surface area contributed by atoms with Crippen molar-refractivity contribution < 1.29 is 9.64 Å². The number of aromatic nitrogens is 3. The fraction of sp³-hybridized carbons (Fsp3) is 0.467. The molecule has 1 aromatic carbocycles. The first kappa shape index (κ1) is 14.4. The summed E-state index contributed by atoms with van der Waals surface area (Å²) < 4.78 is 10.3. The minimum absolute atomic E-state index is 0.801. The Balaban J connectivity index is 1.92. The molecule has 5 nitrogen and oxygen atoms in total. The molecule has 21 heavy (non-hydrogen) atoms. The van der Waals surface area contributed by atoms with Crippen LogP contribution in [-0.2, 0) is 18.0 Å². The van der Waals surface area contributed by atoms with Gasteiger partial charge in [0.05, 0.1) is 13.2 Å². The van der Waals surface area contributed by atoms with E-state index in [4.69, 9.17) is 22.1 Å². The zero-order chi connectivity index (χ0) is 14.7. The summed E-state index contributed by atoms with van der Waals surface area (Å²) in [7, 11) is 0. The summed E-state index contributed by atoms with van der Waals surface area (Å²) >= 11 is 5.60. The summed E-state index contributed by atoms with van der Waals surface area (Å²) in [4.78, 5) is 1.47. The summed E-state index contributed by atoms with van der Waals surface area (Å²) in [6.07, 6.45) is 0. The molecular formula is C15H21N4OS+. The average Bonchev–Trinajstić information content (AvgIpc) is 2.85. The van der Waals surface area contributed by atoms with E-state index in [1.807, 2.05) is 22.9 Å². The highest BCUT2D eigenvalue weighted by molar-refractivity contribution is 7.71. The number of nitrogens with one attached hydrogen (secondary N) is 1. The molecule has 0 saturated carbocycles. The Morgan fingerprint density at radius 1 is 1.24 bits per heavy atom. The van der Waals surface area contributed by atoms with Crippen LogP contribution in [0.2, 0.25) is 0 Å². The van der Waals surface area contributed by atoms with E-state index in [2.05, 4.69) is 23.6 Å². The van der Waals surface area contributed by atoms with Crippen molar-refractivity contribution in [1.29, 1.82) is 0 Å². The zero-order valence-corrected chi connectivity index (χ0v) is 13.1. The topological polar surface area (TPSA) is 36.4 Å².